The first-order valence-electron chi connectivity index (χ1n) is 28.4. The molecule has 0 unspecified atom stereocenters. The first-order chi connectivity index (χ1) is 40.9. The molecular weight excluding hydrogens is 1140 g/mol. The van der Waals surface area contributed by atoms with Crippen LogP contribution < -0.4 is 111 Å². The zero-order chi connectivity index (χ0) is 66.2. The lowest BCUT2D eigenvalue weighted by atomic mass is 10.0. The molecule has 0 aliphatic heterocycles. The lowest BCUT2D eigenvalue weighted by molar-refractivity contribution is -0.138. The number of nitrogens with two attached hydrogens (primary N) is 11. The van der Waals surface area contributed by atoms with Gasteiger partial charge in [-0.15, -0.1) is 0 Å². The summed E-state index contributed by atoms with van der Waals surface area (Å²) in [6, 6.07) is -13.0. The maximum atomic E-state index is 14.5. The third-order valence-corrected chi connectivity index (χ3v) is 12.7. The van der Waals surface area contributed by atoms with Crippen molar-refractivity contribution in [3.05, 3.63) is 0 Å². The number of aliphatic hydroxyl groups is 1. The molecule has 494 valence electrons. The minimum Gasteiger partial charge on any atom is -0.481 e. The number of unbranched alkanes of at least 4 members (excludes halogenated alkanes) is 2. The quantitative estimate of drug-likeness (QED) is 0.0153. The summed E-state index contributed by atoms with van der Waals surface area (Å²) in [5, 5.41) is 42.4. The molecule has 0 aliphatic rings. The number of carbonyl (C=O) groups is 11. The van der Waals surface area contributed by atoms with Gasteiger partial charge in [-0.1, -0.05) is 0 Å². The van der Waals surface area contributed by atoms with Gasteiger partial charge in [0.15, 0.2) is 23.8 Å². The fourth-order valence-corrected chi connectivity index (χ4v) is 8.12. The Morgan fingerprint density at radius 3 is 0.897 bits per heavy atom. The molecule has 10 atom stereocenters. The highest BCUT2D eigenvalue weighted by atomic mass is 16.4. The van der Waals surface area contributed by atoms with Crippen LogP contribution in [0.25, 0.3) is 0 Å². The van der Waals surface area contributed by atoms with Crippen LogP contribution in [0.5, 0.6) is 0 Å². The molecule has 0 radical (unpaired) electrons. The SMILES string of the molecule is CC(=O)N[C@@H](CCCN=C(N)N)C(=O)N[C@@H](C)C(=O)N[C@@H](CCC(=O)O)C(=O)N[C@@H](CCCN=C(N)N)C(=O)N[C@@H](CCCN=C(N)N)C(=O)N[C@@H](CCCCN)C(=O)N[C@@H](CCCCN)C(=O)N[C@@H](CCCN=C(N)N)C(=O)N[C@H](C(N)=O)[C@@H](C)O. The molecule has 0 heterocycles. The van der Waals surface area contributed by atoms with E-state index in [2.05, 4.69) is 67.8 Å². The number of aliphatic carboxylic acids is 1. The summed E-state index contributed by atoms with van der Waals surface area (Å²) in [7, 11) is 0. The molecule has 0 saturated carbocycles. The molecule has 37 nitrogen and oxygen atoms in total. The number of rotatable bonds is 46. The number of aliphatic imine (C=N–C) groups is 4. The van der Waals surface area contributed by atoms with Crippen molar-refractivity contribution < 1.29 is 63.0 Å². The molecule has 0 aromatic rings. The molecule has 0 aromatic carbocycles. The fraction of sp³-hybridized carbons (Fsp3) is 0.700. The summed E-state index contributed by atoms with van der Waals surface area (Å²) in [4.78, 5) is 163. The molecule has 0 fully saturated rings. The van der Waals surface area contributed by atoms with Gasteiger partial charge in [0, 0.05) is 39.5 Å². The van der Waals surface area contributed by atoms with Crippen LogP contribution in [0.3, 0.4) is 0 Å². The zero-order valence-electron chi connectivity index (χ0n) is 49.9. The third-order valence-electron chi connectivity index (χ3n) is 12.7. The van der Waals surface area contributed by atoms with E-state index in [0.29, 0.717) is 12.8 Å². The zero-order valence-corrected chi connectivity index (χ0v) is 49.9. The minimum atomic E-state index is -1.65. The average molecular weight is 1240 g/mol. The average Bonchev–Trinajstić information content (AvgIpc) is 3.01. The van der Waals surface area contributed by atoms with E-state index >= 15 is 0 Å². The van der Waals surface area contributed by atoms with Crippen LogP contribution in [0.2, 0.25) is 0 Å². The van der Waals surface area contributed by atoms with Gasteiger partial charge in [0.05, 0.1) is 6.10 Å². The van der Waals surface area contributed by atoms with Crippen LogP contribution >= 0.6 is 0 Å². The molecule has 0 aliphatic carbocycles. The smallest absolute Gasteiger partial charge is 0.303 e. The van der Waals surface area contributed by atoms with E-state index in [4.69, 9.17) is 63.1 Å². The fourth-order valence-electron chi connectivity index (χ4n) is 8.12. The van der Waals surface area contributed by atoms with E-state index in [1.54, 1.807) is 0 Å². The van der Waals surface area contributed by atoms with Gasteiger partial charge >= 0.3 is 5.97 Å². The van der Waals surface area contributed by atoms with E-state index in [0.717, 1.165) is 0 Å². The van der Waals surface area contributed by atoms with Gasteiger partial charge < -0.3 is 121 Å². The highest BCUT2D eigenvalue weighted by Gasteiger charge is 2.35. The number of carboxylic acids is 1. The Balaban J connectivity index is 7.21. The van der Waals surface area contributed by atoms with Crippen LogP contribution in [0.4, 0.5) is 0 Å². The Labute approximate surface area is 504 Å². The van der Waals surface area contributed by atoms with Crippen molar-refractivity contribution in [2.24, 2.45) is 83.0 Å². The first-order valence-corrected chi connectivity index (χ1v) is 28.4. The van der Waals surface area contributed by atoms with Gasteiger partial charge in [0.2, 0.25) is 59.1 Å². The van der Waals surface area contributed by atoms with Gasteiger partial charge in [0.1, 0.15) is 54.4 Å². The van der Waals surface area contributed by atoms with Crippen molar-refractivity contribution >= 4 is 88.9 Å². The maximum Gasteiger partial charge on any atom is 0.303 e. The Morgan fingerprint density at radius 1 is 0.368 bits per heavy atom. The van der Waals surface area contributed by atoms with Gasteiger partial charge in [-0.05, 0) is 123 Å². The van der Waals surface area contributed by atoms with Gasteiger partial charge in [-0.3, -0.25) is 72.7 Å². The number of primary amides is 1. The van der Waals surface area contributed by atoms with Crippen molar-refractivity contribution in [3.63, 3.8) is 0 Å². The lowest BCUT2D eigenvalue weighted by Crippen LogP contribution is -2.60. The summed E-state index contributed by atoms with van der Waals surface area (Å²) in [6.45, 7) is 4.08. The molecule has 0 rings (SSSR count). The molecule has 33 N–H and O–H groups in total. The number of guanidine groups is 4. The van der Waals surface area contributed by atoms with Crippen molar-refractivity contribution in [2.45, 2.75) is 184 Å². The van der Waals surface area contributed by atoms with Crippen molar-refractivity contribution in [2.75, 3.05) is 39.3 Å². The van der Waals surface area contributed by atoms with Crippen LogP contribution in [0.1, 0.15) is 124 Å². The van der Waals surface area contributed by atoms with Crippen molar-refractivity contribution in [3.8, 4) is 0 Å². The van der Waals surface area contributed by atoms with Crippen LogP contribution in [0, 0.1) is 0 Å². The summed E-state index contributed by atoms with van der Waals surface area (Å²) in [5.74, 6) is -11.4. The second kappa shape index (κ2) is 43.7. The largest absolute Gasteiger partial charge is 0.481 e. The normalized spacial score (nSPS) is 14.2. The predicted molar refractivity (Wildman–Crippen MR) is 322 cm³/mol. The Kier molecular flexibility index (Phi) is 39.3. The number of hydrogen-bond acceptors (Lipinski definition) is 18. The van der Waals surface area contributed by atoms with E-state index in [-0.39, 0.29) is 140 Å². The van der Waals surface area contributed by atoms with E-state index in [1.165, 1.54) is 20.8 Å². The van der Waals surface area contributed by atoms with Crippen LogP contribution in [-0.2, 0) is 52.7 Å². The number of nitrogens with zero attached hydrogens (tertiary/aromatic N) is 4. The van der Waals surface area contributed by atoms with Gasteiger partial charge in [-0.25, -0.2) is 0 Å². The summed E-state index contributed by atoms with van der Waals surface area (Å²) in [5.41, 5.74) is 60.7. The minimum absolute atomic E-state index is 0.0246. The summed E-state index contributed by atoms with van der Waals surface area (Å²) < 4.78 is 0. The maximum absolute atomic E-state index is 14.5. The number of hydrogen-bond donors (Lipinski definition) is 22. The summed E-state index contributed by atoms with van der Waals surface area (Å²) in [6.07, 6.45) is -1.40. The second-order valence-corrected chi connectivity index (χ2v) is 20.3. The Bertz CT molecular complexity index is 2360. The number of carbonyl (C=O) groups excluding carboxylic acids is 10. The van der Waals surface area contributed by atoms with E-state index < -0.39 is 138 Å². The van der Waals surface area contributed by atoms with Crippen molar-refractivity contribution in [1.82, 2.24) is 47.9 Å². The predicted octanol–water partition coefficient (Wildman–Crippen LogP) is -9.41. The highest BCUT2D eigenvalue weighted by Crippen LogP contribution is 2.12. The topological polar surface area (TPSA) is 672 Å². The second-order valence-electron chi connectivity index (χ2n) is 20.3. The number of carboxylic acid groups (broad SMARTS) is 1. The number of aliphatic hydroxyl groups excluding tert-OH is 1. The molecule has 0 spiro atoms. The monoisotopic (exact) mass is 1240 g/mol. The van der Waals surface area contributed by atoms with Gasteiger partial charge in [-0.2, -0.15) is 0 Å². The van der Waals surface area contributed by atoms with Crippen LogP contribution in [0.15, 0.2) is 20.0 Å². The van der Waals surface area contributed by atoms with E-state index in [1.807, 2.05) is 0 Å². The number of amides is 10. The molecule has 0 aromatic heterocycles. The standard InChI is InChI=1S/C50H96N24O13/c1-26(66-40(81)29(67-28(3)76)14-8-22-62-47(54)55)39(80)68-35(18-19-36(77)78)45(86)72-33(16-10-24-64-49(58)59)44(85)71-32(15-9-23-63-48(56)57)43(84)70-30(12-4-6-20-51)41(82)69-31(13-5-7-21-52)42(83)73-34(17-11-25-65-50(60)61)46(87)74-37(27(2)75)38(53)79/h26-27,29-35,37,75H,4-25,51-52H2,1-3H3,(H2,53,79)(H,66,81)(H,67,76)(H,68,80)(H,69,82)(H,70,84)(H,71,85)(H,72,86)(H,73,83)(H,74,87)(H,77,78)(H4,54,55,62)(H4,56,57,63)(H4,58,59,64)(H4,60,61,65)/t26-,27+,29-,30-,31-,32-,33-,34-,35-,37-/m0/s1. The molecule has 10 amide bonds. The van der Waals surface area contributed by atoms with Crippen molar-refractivity contribution in [1.29, 1.82) is 0 Å². The molecule has 87 heavy (non-hydrogen) atoms. The van der Waals surface area contributed by atoms with Gasteiger partial charge in [0.25, 0.3) is 0 Å². The van der Waals surface area contributed by atoms with E-state index in [9.17, 15) is 63.0 Å². The summed E-state index contributed by atoms with van der Waals surface area (Å²) >= 11 is 0. The molecule has 0 bridgehead atoms. The first kappa shape index (κ1) is 78.1. The highest BCUT2D eigenvalue weighted by molar-refractivity contribution is 5.98. The third kappa shape index (κ3) is 35.9. The molecular formula is C50H96N24O13. The lowest BCUT2D eigenvalue weighted by Gasteiger charge is -2.28. The Hall–Kier alpha value is -8.87. The molecule has 0 saturated heterocycles. The number of nitrogens with one attached hydrogen (secondary N) is 9. The Morgan fingerprint density at radius 2 is 0.632 bits per heavy atom. The van der Waals surface area contributed by atoms with Crippen LogP contribution in [-0.4, -0.2) is 199 Å². The molecule has 37 heteroatoms.